The Hall–Kier alpha value is -3.52. The van der Waals surface area contributed by atoms with Gasteiger partial charge in [-0.15, -0.1) is 15.3 Å². The number of rotatable bonds is 7. The summed E-state index contributed by atoms with van der Waals surface area (Å²) in [5, 5.41) is 16.8. The maximum Gasteiger partial charge on any atom is 0.270 e. The average Bonchev–Trinajstić information content (AvgIpc) is 3.36. The van der Waals surface area contributed by atoms with Gasteiger partial charge >= 0.3 is 0 Å². The summed E-state index contributed by atoms with van der Waals surface area (Å²) in [6.07, 6.45) is 0.556. The fourth-order valence-corrected chi connectivity index (χ4v) is 2.86. The van der Waals surface area contributed by atoms with Crippen LogP contribution in [0, 0.1) is 0 Å². The quantitative estimate of drug-likeness (QED) is 0.489. The maximum atomic E-state index is 5.83. The molecule has 0 fully saturated rings. The van der Waals surface area contributed by atoms with E-state index in [1.165, 1.54) is 0 Å². The first-order valence-electron chi connectivity index (χ1n) is 8.73. The molecule has 0 unspecified atom stereocenters. The first-order valence-corrected chi connectivity index (χ1v) is 8.73. The fourth-order valence-electron chi connectivity index (χ4n) is 2.86. The van der Waals surface area contributed by atoms with Gasteiger partial charge in [-0.1, -0.05) is 35.5 Å². The third-order valence-corrected chi connectivity index (χ3v) is 4.23. The number of aromatic nitrogens is 5. The van der Waals surface area contributed by atoms with Gasteiger partial charge in [-0.05, 0) is 29.8 Å². The highest BCUT2D eigenvalue weighted by molar-refractivity contribution is 5.52. The molecule has 4 aromatic rings. The normalized spacial score (nSPS) is 10.9. The molecule has 0 saturated heterocycles. The van der Waals surface area contributed by atoms with Crippen LogP contribution in [0.5, 0.6) is 5.75 Å². The molecule has 8 nitrogen and oxygen atoms in total. The van der Waals surface area contributed by atoms with E-state index in [1.54, 1.807) is 18.9 Å². The smallest absolute Gasteiger partial charge is 0.270 e. The van der Waals surface area contributed by atoms with E-state index in [0.29, 0.717) is 30.5 Å². The van der Waals surface area contributed by atoms with Crippen molar-refractivity contribution >= 4 is 0 Å². The van der Waals surface area contributed by atoms with Crippen LogP contribution in [0.4, 0.5) is 0 Å². The van der Waals surface area contributed by atoms with E-state index in [9.17, 15) is 0 Å². The highest BCUT2D eigenvalue weighted by Crippen LogP contribution is 2.24. The van der Waals surface area contributed by atoms with Crippen LogP contribution in [0.3, 0.4) is 0 Å². The van der Waals surface area contributed by atoms with E-state index >= 15 is 0 Å². The molecule has 142 valence electrons. The molecule has 2 aromatic carbocycles. The molecule has 0 aliphatic rings. The van der Waals surface area contributed by atoms with E-state index in [2.05, 4.69) is 20.5 Å². The molecule has 0 spiro atoms. The number of ether oxygens (including phenoxy) is 2. The van der Waals surface area contributed by atoms with Crippen LogP contribution in [0.1, 0.15) is 17.1 Å². The number of benzene rings is 2. The molecule has 0 atom stereocenters. The number of nitrogens with zero attached hydrogens (tertiary/aromatic N) is 5. The number of hydrogen-bond donors (Lipinski definition) is 0. The Kier molecular flexibility index (Phi) is 5.11. The summed E-state index contributed by atoms with van der Waals surface area (Å²) < 4.78 is 18.1. The van der Waals surface area contributed by atoms with Gasteiger partial charge in [0, 0.05) is 7.11 Å². The molecule has 0 amide bonds. The van der Waals surface area contributed by atoms with Gasteiger partial charge in [0.05, 0.1) is 25.8 Å². The Bertz CT molecular complexity index is 1040. The molecule has 4 rings (SSSR count). The van der Waals surface area contributed by atoms with Crippen molar-refractivity contribution in [3.8, 4) is 23.0 Å². The molecular formula is C20H19N5O3. The Morgan fingerprint density at radius 2 is 1.71 bits per heavy atom. The van der Waals surface area contributed by atoms with Crippen LogP contribution in [0.2, 0.25) is 0 Å². The van der Waals surface area contributed by atoms with Gasteiger partial charge in [-0.25, -0.2) is 4.68 Å². The van der Waals surface area contributed by atoms with E-state index < -0.39 is 0 Å². The number of hydrogen-bond acceptors (Lipinski definition) is 7. The van der Waals surface area contributed by atoms with Crippen LogP contribution in [0.15, 0.2) is 59.0 Å². The Morgan fingerprint density at radius 3 is 2.43 bits per heavy atom. The molecule has 0 aliphatic heterocycles. The lowest BCUT2D eigenvalue weighted by Crippen LogP contribution is -2.04. The standard InChI is InChI=1S/C20H19N5O3/c1-26-13-17-19(22-24-25(17)15-8-10-16(27-2)11-9-15)20-23-21-18(28-20)12-14-6-4-3-5-7-14/h3-11H,12-13H2,1-2H3. The van der Waals surface area contributed by atoms with E-state index in [4.69, 9.17) is 13.9 Å². The number of methoxy groups -OCH3 is 2. The molecule has 8 heteroatoms. The van der Waals surface area contributed by atoms with Crippen molar-refractivity contribution in [3.63, 3.8) is 0 Å². The van der Waals surface area contributed by atoms with Gasteiger partial charge in [-0.3, -0.25) is 0 Å². The van der Waals surface area contributed by atoms with Crippen molar-refractivity contribution < 1.29 is 13.9 Å². The van der Waals surface area contributed by atoms with Crippen molar-refractivity contribution in [1.29, 1.82) is 0 Å². The van der Waals surface area contributed by atoms with Crippen molar-refractivity contribution in [2.45, 2.75) is 13.0 Å². The lowest BCUT2D eigenvalue weighted by atomic mass is 10.2. The van der Waals surface area contributed by atoms with Crippen molar-refractivity contribution in [2.75, 3.05) is 14.2 Å². The Labute approximate surface area is 161 Å². The second-order valence-electron chi connectivity index (χ2n) is 6.09. The van der Waals surface area contributed by atoms with Crippen molar-refractivity contribution in [1.82, 2.24) is 25.2 Å². The summed E-state index contributed by atoms with van der Waals surface area (Å²) in [5.41, 5.74) is 3.15. The molecule has 28 heavy (non-hydrogen) atoms. The van der Waals surface area contributed by atoms with Crippen molar-refractivity contribution in [2.24, 2.45) is 0 Å². The first kappa shape index (κ1) is 17.9. The van der Waals surface area contributed by atoms with Gasteiger partial charge in [0.2, 0.25) is 5.89 Å². The van der Waals surface area contributed by atoms with Crippen LogP contribution in [-0.4, -0.2) is 39.4 Å². The topological polar surface area (TPSA) is 88.1 Å². The molecule has 0 aliphatic carbocycles. The van der Waals surface area contributed by atoms with Gasteiger partial charge < -0.3 is 13.9 Å². The molecule has 0 saturated carbocycles. The van der Waals surface area contributed by atoms with Crippen LogP contribution in [-0.2, 0) is 17.8 Å². The predicted molar refractivity (Wildman–Crippen MR) is 101 cm³/mol. The zero-order valence-electron chi connectivity index (χ0n) is 15.6. The van der Waals surface area contributed by atoms with Crippen LogP contribution in [0.25, 0.3) is 17.3 Å². The summed E-state index contributed by atoms with van der Waals surface area (Å²) in [5.74, 6) is 1.60. The van der Waals surface area contributed by atoms with Gasteiger partial charge in [0.1, 0.15) is 11.4 Å². The molecule has 0 bridgehead atoms. The minimum Gasteiger partial charge on any atom is -0.497 e. The van der Waals surface area contributed by atoms with Gasteiger partial charge in [0.15, 0.2) is 5.69 Å². The average molecular weight is 377 g/mol. The van der Waals surface area contributed by atoms with Crippen LogP contribution < -0.4 is 4.74 Å². The molecule has 2 aromatic heterocycles. The highest BCUT2D eigenvalue weighted by Gasteiger charge is 2.21. The first-order chi connectivity index (χ1) is 13.8. The third kappa shape index (κ3) is 3.63. The summed E-state index contributed by atoms with van der Waals surface area (Å²) in [6.45, 7) is 0.296. The minimum absolute atomic E-state index is 0.296. The summed E-state index contributed by atoms with van der Waals surface area (Å²) in [7, 11) is 3.24. The zero-order chi connectivity index (χ0) is 19.3. The van der Waals surface area contributed by atoms with E-state index in [1.807, 2.05) is 54.6 Å². The third-order valence-electron chi connectivity index (χ3n) is 4.23. The summed E-state index contributed by atoms with van der Waals surface area (Å²) in [4.78, 5) is 0. The van der Waals surface area contributed by atoms with Gasteiger partial charge in [-0.2, -0.15) is 0 Å². The molecule has 0 N–H and O–H groups in total. The Morgan fingerprint density at radius 1 is 0.929 bits per heavy atom. The zero-order valence-corrected chi connectivity index (χ0v) is 15.6. The molecule has 2 heterocycles. The maximum absolute atomic E-state index is 5.83. The minimum atomic E-state index is 0.296. The Balaban J connectivity index is 1.65. The second kappa shape index (κ2) is 8.01. The highest BCUT2D eigenvalue weighted by atomic mass is 16.5. The second-order valence-corrected chi connectivity index (χ2v) is 6.09. The van der Waals surface area contributed by atoms with Crippen LogP contribution >= 0.6 is 0 Å². The SMILES string of the molecule is COCc1c(-c2nnc(Cc3ccccc3)o2)nnn1-c1ccc(OC)cc1. The summed E-state index contributed by atoms with van der Waals surface area (Å²) in [6, 6.07) is 17.5. The van der Waals surface area contributed by atoms with E-state index in [-0.39, 0.29) is 0 Å². The van der Waals surface area contributed by atoms with E-state index in [0.717, 1.165) is 22.7 Å². The summed E-state index contributed by atoms with van der Waals surface area (Å²) >= 11 is 0. The fraction of sp³-hybridized carbons (Fsp3) is 0.200. The van der Waals surface area contributed by atoms with Crippen molar-refractivity contribution in [3.05, 3.63) is 71.7 Å². The lowest BCUT2D eigenvalue weighted by Gasteiger charge is -2.07. The molecular weight excluding hydrogens is 358 g/mol. The predicted octanol–water partition coefficient (Wildman–Crippen LogP) is 3.06. The molecule has 0 radical (unpaired) electrons. The lowest BCUT2D eigenvalue weighted by molar-refractivity contribution is 0.179. The van der Waals surface area contributed by atoms with Gasteiger partial charge in [0.25, 0.3) is 5.89 Å². The monoisotopic (exact) mass is 377 g/mol. The largest absolute Gasteiger partial charge is 0.497 e.